The van der Waals surface area contributed by atoms with Crippen LogP contribution in [0, 0.1) is 5.92 Å². The molecule has 2 aromatic rings. The molecular formula is C21H22O8. The van der Waals surface area contributed by atoms with Crippen molar-refractivity contribution in [3.63, 3.8) is 0 Å². The van der Waals surface area contributed by atoms with Gasteiger partial charge in [0.05, 0.1) is 39.1 Å². The number of aliphatic hydroxyl groups is 1. The number of fused-ring (bicyclic) bond motifs is 2. The van der Waals surface area contributed by atoms with Crippen molar-refractivity contribution in [1.29, 1.82) is 0 Å². The molecule has 0 aromatic heterocycles. The van der Waals surface area contributed by atoms with Crippen LogP contribution >= 0.6 is 0 Å². The fourth-order valence-corrected chi connectivity index (χ4v) is 3.85. The average molecular weight is 402 g/mol. The van der Waals surface area contributed by atoms with Gasteiger partial charge in [-0.05, 0) is 23.8 Å². The first-order chi connectivity index (χ1) is 14.2. The van der Waals surface area contributed by atoms with Gasteiger partial charge in [-0.2, -0.15) is 0 Å². The van der Waals surface area contributed by atoms with Crippen LogP contribution in [0.15, 0.2) is 30.3 Å². The van der Waals surface area contributed by atoms with Gasteiger partial charge in [0, 0.05) is 17.5 Å². The van der Waals surface area contributed by atoms with E-state index in [1.54, 1.807) is 13.2 Å². The van der Waals surface area contributed by atoms with Crippen molar-refractivity contribution in [2.24, 2.45) is 5.92 Å². The highest BCUT2D eigenvalue weighted by Crippen LogP contribution is 2.45. The van der Waals surface area contributed by atoms with Crippen LogP contribution in [0.3, 0.4) is 0 Å². The Balaban J connectivity index is 1.29. The minimum atomic E-state index is -0.633. The Morgan fingerprint density at radius 2 is 1.69 bits per heavy atom. The molecule has 1 fully saturated rings. The molecule has 0 unspecified atom stereocenters. The highest BCUT2D eigenvalue weighted by molar-refractivity contribution is 5.53. The highest BCUT2D eigenvalue weighted by atomic mass is 16.7. The molecule has 0 spiro atoms. The van der Waals surface area contributed by atoms with Crippen molar-refractivity contribution in [2.45, 2.75) is 18.8 Å². The molecule has 5 rings (SSSR count). The van der Waals surface area contributed by atoms with E-state index < -0.39 is 6.10 Å². The summed E-state index contributed by atoms with van der Waals surface area (Å²) in [6.45, 7) is 1.38. The number of hydrogen-bond donors (Lipinski definition) is 1. The summed E-state index contributed by atoms with van der Waals surface area (Å²) in [6.07, 6.45) is -1.00. The summed E-state index contributed by atoms with van der Waals surface area (Å²) in [7, 11) is 1.59. The third kappa shape index (κ3) is 3.43. The van der Waals surface area contributed by atoms with Crippen LogP contribution in [-0.4, -0.2) is 45.1 Å². The summed E-state index contributed by atoms with van der Waals surface area (Å²) < 4.78 is 39.0. The molecule has 3 heterocycles. The summed E-state index contributed by atoms with van der Waals surface area (Å²) >= 11 is 0. The van der Waals surface area contributed by atoms with Gasteiger partial charge in [-0.15, -0.1) is 0 Å². The maximum atomic E-state index is 10.5. The molecule has 3 aliphatic heterocycles. The first-order valence-corrected chi connectivity index (χ1v) is 9.46. The van der Waals surface area contributed by atoms with Crippen LogP contribution in [0.2, 0.25) is 0 Å². The quantitative estimate of drug-likeness (QED) is 0.789. The predicted molar refractivity (Wildman–Crippen MR) is 99.5 cm³/mol. The lowest BCUT2D eigenvalue weighted by molar-refractivity contribution is 0.0219. The van der Waals surface area contributed by atoms with E-state index in [0.29, 0.717) is 30.5 Å². The van der Waals surface area contributed by atoms with Gasteiger partial charge in [-0.3, -0.25) is 0 Å². The predicted octanol–water partition coefficient (Wildman–Crippen LogP) is 2.42. The van der Waals surface area contributed by atoms with Crippen LogP contribution < -0.4 is 23.7 Å². The smallest absolute Gasteiger partial charge is 0.231 e. The Kier molecular flexibility index (Phi) is 4.83. The van der Waals surface area contributed by atoms with E-state index in [4.69, 9.17) is 33.2 Å². The van der Waals surface area contributed by atoms with E-state index >= 15 is 0 Å². The van der Waals surface area contributed by atoms with E-state index in [1.165, 1.54) is 0 Å². The van der Waals surface area contributed by atoms with Crippen LogP contribution in [0.25, 0.3) is 0 Å². The number of aliphatic hydroxyl groups excluding tert-OH is 1. The van der Waals surface area contributed by atoms with Crippen LogP contribution in [0.1, 0.15) is 17.2 Å². The SMILES string of the molecule is COc1cc2c(cc1[C@H]1OC[C@H](O)[C@@H]1COCc1ccc3c(c1)OCO3)OCO2. The normalized spacial score (nSPS) is 24.1. The summed E-state index contributed by atoms with van der Waals surface area (Å²) in [5.74, 6) is 3.14. The molecule has 8 heteroatoms. The molecule has 0 saturated carbocycles. The van der Waals surface area contributed by atoms with E-state index in [2.05, 4.69) is 0 Å². The fraction of sp³-hybridized carbons (Fsp3) is 0.429. The molecule has 3 atom stereocenters. The number of hydrogen-bond acceptors (Lipinski definition) is 8. The third-order valence-corrected chi connectivity index (χ3v) is 5.38. The number of rotatable bonds is 6. The molecule has 2 aromatic carbocycles. The van der Waals surface area contributed by atoms with Crippen molar-refractivity contribution >= 4 is 0 Å². The number of ether oxygens (including phenoxy) is 7. The van der Waals surface area contributed by atoms with Gasteiger partial charge in [0.2, 0.25) is 13.6 Å². The number of benzene rings is 2. The minimum absolute atomic E-state index is 0.179. The zero-order chi connectivity index (χ0) is 19.8. The lowest BCUT2D eigenvalue weighted by Gasteiger charge is -2.22. The monoisotopic (exact) mass is 402 g/mol. The fourth-order valence-electron chi connectivity index (χ4n) is 3.85. The standard InChI is InChI=1S/C21H22O8/c1-23-17-6-20-19(28-11-29-20)5-13(17)21-14(15(22)9-25-21)8-24-7-12-2-3-16-18(4-12)27-10-26-16/h2-6,14-15,21-22H,7-11H2,1H3/t14-,15-,21+/m0/s1. The Morgan fingerprint density at radius 1 is 0.966 bits per heavy atom. The second kappa shape index (κ2) is 7.62. The molecule has 3 aliphatic rings. The number of methoxy groups -OCH3 is 1. The zero-order valence-corrected chi connectivity index (χ0v) is 16.0. The van der Waals surface area contributed by atoms with Crippen LogP contribution in [-0.2, 0) is 16.1 Å². The lowest BCUT2D eigenvalue weighted by atomic mass is 9.93. The maximum Gasteiger partial charge on any atom is 0.231 e. The van der Waals surface area contributed by atoms with Crippen LogP contribution in [0.5, 0.6) is 28.7 Å². The van der Waals surface area contributed by atoms with Gasteiger partial charge < -0.3 is 38.3 Å². The van der Waals surface area contributed by atoms with Gasteiger partial charge in [0.1, 0.15) is 5.75 Å². The van der Waals surface area contributed by atoms with Gasteiger partial charge >= 0.3 is 0 Å². The molecule has 0 amide bonds. The Labute approximate surface area is 167 Å². The van der Waals surface area contributed by atoms with Gasteiger partial charge in [0.25, 0.3) is 0 Å². The minimum Gasteiger partial charge on any atom is -0.496 e. The van der Waals surface area contributed by atoms with E-state index in [1.807, 2.05) is 24.3 Å². The molecule has 0 radical (unpaired) electrons. The van der Waals surface area contributed by atoms with Crippen molar-refractivity contribution in [2.75, 3.05) is 33.9 Å². The van der Waals surface area contributed by atoms with Crippen molar-refractivity contribution in [3.8, 4) is 28.7 Å². The van der Waals surface area contributed by atoms with Gasteiger partial charge in [-0.25, -0.2) is 0 Å². The molecule has 0 bridgehead atoms. The second-order valence-corrected chi connectivity index (χ2v) is 7.14. The summed E-state index contributed by atoms with van der Waals surface area (Å²) in [6, 6.07) is 9.36. The summed E-state index contributed by atoms with van der Waals surface area (Å²) in [4.78, 5) is 0. The summed E-state index contributed by atoms with van der Waals surface area (Å²) in [5, 5.41) is 10.5. The first kappa shape index (κ1) is 18.4. The first-order valence-electron chi connectivity index (χ1n) is 9.46. The van der Waals surface area contributed by atoms with E-state index in [-0.39, 0.29) is 32.2 Å². The van der Waals surface area contributed by atoms with Crippen molar-refractivity contribution < 1.29 is 38.3 Å². The maximum absolute atomic E-state index is 10.5. The third-order valence-electron chi connectivity index (χ3n) is 5.38. The molecular weight excluding hydrogens is 380 g/mol. The molecule has 29 heavy (non-hydrogen) atoms. The summed E-state index contributed by atoms with van der Waals surface area (Å²) in [5.41, 5.74) is 1.78. The zero-order valence-electron chi connectivity index (χ0n) is 16.0. The Morgan fingerprint density at radius 3 is 2.48 bits per heavy atom. The van der Waals surface area contributed by atoms with Gasteiger partial charge in [-0.1, -0.05) is 6.07 Å². The van der Waals surface area contributed by atoms with E-state index in [9.17, 15) is 5.11 Å². The topological polar surface area (TPSA) is 84.8 Å². The lowest BCUT2D eigenvalue weighted by Crippen LogP contribution is -2.25. The van der Waals surface area contributed by atoms with Crippen LogP contribution in [0.4, 0.5) is 0 Å². The van der Waals surface area contributed by atoms with Crippen molar-refractivity contribution in [1.82, 2.24) is 0 Å². The highest BCUT2D eigenvalue weighted by Gasteiger charge is 2.39. The second-order valence-electron chi connectivity index (χ2n) is 7.14. The molecule has 1 saturated heterocycles. The Bertz CT molecular complexity index is 898. The molecule has 8 nitrogen and oxygen atoms in total. The molecule has 154 valence electrons. The largest absolute Gasteiger partial charge is 0.496 e. The van der Waals surface area contributed by atoms with Gasteiger partial charge in [0.15, 0.2) is 23.0 Å². The Hall–Kier alpha value is -2.68. The van der Waals surface area contributed by atoms with Crippen molar-refractivity contribution in [3.05, 3.63) is 41.5 Å². The molecule has 0 aliphatic carbocycles. The average Bonchev–Trinajstić information content (AvgIpc) is 3.46. The van der Waals surface area contributed by atoms with E-state index in [0.717, 1.165) is 22.6 Å². The molecule has 1 N–H and O–H groups in total.